The maximum atomic E-state index is 15.1. The normalized spacial score (nSPS) is 11.5. The second kappa shape index (κ2) is 17.8. The van der Waals surface area contributed by atoms with Crippen LogP contribution in [0.1, 0.15) is 0 Å². The van der Waals surface area contributed by atoms with Crippen molar-refractivity contribution >= 4 is 77.5 Å². The van der Waals surface area contributed by atoms with E-state index in [4.69, 9.17) is 0 Å². The van der Waals surface area contributed by atoms with Crippen LogP contribution < -0.4 is 9.80 Å². The highest BCUT2D eigenvalue weighted by molar-refractivity contribution is 6.02. The molecule has 0 spiro atoms. The molecule has 13 aromatic rings. The van der Waals surface area contributed by atoms with Gasteiger partial charge in [0.25, 0.3) is 0 Å². The number of halogens is 2. The molecule has 2 heterocycles. The van der Waals surface area contributed by atoms with Gasteiger partial charge in [0.05, 0.1) is 22.4 Å². The Morgan fingerprint density at radius 1 is 0.250 bits per heavy atom. The largest absolute Gasteiger partial charge is 0.310 e. The van der Waals surface area contributed by atoms with Crippen LogP contribution in [-0.4, -0.2) is 9.13 Å². The van der Waals surface area contributed by atoms with Crippen LogP contribution in [0.5, 0.6) is 0 Å². The molecule has 0 atom stereocenters. The van der Waals surface area contributed by atoms with Gasteiger partial charge in [0, 0.05) is 67.4 Å². The molecule has 13 rings (SSSR count). The van der Waals surface area contributed by atoms with Crippen LogP contribution in [0.3, 0.4) is 0 Å². The molecule has 0 amide bonds. The molecule has 0 saturated heterocycles. The molecule has 2 aromatic heterocycles. The Hall–Kier alpha value is -9.52. The van der Waals surface area contributed by atoms with Crippen molar-refractivity contribution in [2.45, 2.75) is 0 Å². The van der Waals surface area contributed by atoms with Gasteiger partial charge in [-0.1, -0.05) is 121 Å². The van der Waals surface area contributed by atoms with Gasteiger partial charge in [0.1, 0.15) is 11.6 Å². The minimum atomic E-state index is -0.306. The number of aromatic nitrogens is 2. The van der Waals surface area contributed by atoms with Crippen molar-refractivity contribution in [1.29, 1.82) is 0 Å². The first kappa shape index (κ1) is 42.6. The molecule has 0 fully saturated rings. The molecule has 0 unspecified atom stereocenters. The first-order valence-corrected chi connectivity index (χ1v) is 24.1. The summed E-state index contributed by atoms with van der Waals surface area (Å²) in [5, 5.41) is 6.64. The summed E-state index contributed by atoms with van der Waals surface area (Å²) in [5.41, 5.74) is 13.2. The van der Waals surface area contributed by atoms with Crippen LogP contribution in [0.2, 0.25) is 0 Å². The molecule has 0 bridgehead atoms. The summed E-state index contributed by atoms with van der Waals surface area (Å²) >= 11 is 0. The lowest BCUT2D eigenvalue weighted by molar-refractivity contribution is 0.628. The van der Waals surface area contributed by atoms with Crippen LogP contribution in [0.4, 0.5) is 42.9 Å². The standard InChI is InChI=1S/C66H44F2N4/c67-53-19-11-17-49(37-53)63-41-51-44-66-52(43-65(51)71(63)59-33-29-57(30-34-59)69(55-21-3-1-4-22-55)61-27-25-45-13-7-9-15-47(45)39-61)42-64(50-18-12-20-54(68)38-50)72(66)60-35-31-58(32-36-60)70(56-23-5-2-6-24-56)62-28-26-46-14-8-10-16-48(46)40-62/h1-44H. The molecule has 342 valence electrons. The van der Waals surface area contributed by atoms with Gasteiger partial charge in [0.15, 0.2) is 0 Å². The number of fused-ring (bicyclic) bond motifs is 4. The maximum Gasteiger partial charge on any atom is 0.123 e. The summed E-state index contributed by atoms with van der Waals surface area (Å²) in [6.45, 7) is 0. The van der Waals surface area contributed by atoms with Gasteiger partial charge in [-0.25, -0.2) is 8.78 Å². The van der Waals surface area contributed by atoms with E-state index >= 15 is 8.78 Å². The molecule has 0 N–H and O–H groups in total. The van der Waals surface area contributed by atoms with Gasteiger partial charge < -0.3 is 18.9 Å². The van der Waals surface area contributed by atoms with Crippen LogP contribution in [0.25, 0.3) is 77.2 Å². The number of anilines is 6. The van der Waals surface area contributed by atoms with E-state index < -0.39 is 0 Å². The lowest BCUT2D eigenvalue weighted by Gasteiger charge is -2.26. The van der Waals surface area contributed by atoms with Crippen LogP contribution >= 0.6 is 0 Å². The average Bonchev–Trinajstić information content (AvgIpc) is 3.99. The van der Waals surface area contributed by atoms with Crippen LogP contribution in [0.15, 0.2) is 267 Å². The Bertz CT molecular complexity index is 3850. The molecular formula is C66H44F2N4. The monoisotopic (exact) mass is 930 g/mol. The maximum absolute atomic E-state index is 15.1. The van der Waals surface area contributed by atoms with E-state index in [1.54, 1.807) is 24.3 Å². The highest BCUT2D eigenvalue weighted by Crippen LogP contribution is 2.42. The third kappa shape index (κ3) is 7.72. The van der Waals surface area contributed by atoms with Gasteiger partial charge in [-0.05, 0) is 167 Å². The Balaban J connectivity index is 0.960. The Morgan fingerprint density at radius 2 is 0.611 bits per heavy atom. The second-order valence-electron chi connectivity index (χ2n) is 18.2. The molecule has 0 saturated carbocycles. The van der Waals surface area contributed by atoms with Gasteiger partial charge in [-0.3, -0.25) is 0 Å². The fourth-order valence-electron chi connectivity index (χ4n) is 10.4. The summed E-state index contributed by atoms with van der Waals surface area (Å²) in [5.74, 6) is -0.612. The highest BCUT2D eigenvalue weighted by atomic mass is 19.1. The molecule has 0 aliphatic rings. The van der Waals surface area contributed by atoms with E-state index in [1.807, 2.05) is 24.3 Å². The smallest absolute Gasteiger partial charge is 0.123 e. The first-order valence-electron chi connectivity index (χ1n) is 24.1. The Kier molecular flexibility index (Phi) is 10.5. The molecule has 4 nitrogen and oxygen atoms in total. The van der Waals surface area contributed by atoms with Crippen molar-refractivity contribution in [3.63, 3.8) is 0 Å². The van der Waals surface area contributed by atoms with Crippen molar-refractivity contribution < 1.29 is 8.78 Å². The minimum Gasteiger partial charge on any atom is -0.310 e. The van der Waals surface area contributed by atoms with E-state index in [0.717, 1.165) is 101 Å². The van der Waals surface area contributed by atoms with Gasteiger partial charge in [0.2, 0.25) is 0 Å². The summed E-state index contributed by atoms with van der Waals surface area (Å²) in [6, 6.07) is 90.2. The fourth-order valence-corrected chi connectivity index (χ4v) is 10.4. The third-order valence-corrected chi connectivity index (χ3v) is 13.7. The highest BCUT2D eigenvalue weighted by Gasteiger charge is 2.21. The summed E-state index contributed by atoms with van der Waals surface area (Å²) in [4.78, 5) is 4.54. The molecular weight excluding hydrogens is 887 g/mol. The van der Waals surface area contributed by atoms with Crippen molar-refractivity contribution in [3.8, 4) is 33.9 Å². The van der Waals surface area contributed by atoms with Crippen LogP contribution in [-0.2, 0) is 0 Å². The number of hydrogen-bond acceptors (Lipinski definition) is 2. The van der Waals surface area contributed by atoms with Crippen LogP contribution in [0, 0.1) is 11.6 Å². The topological polar surface area (TPSA) is 16.3 Å². The molecule has 11 aromatic carbocycles. The van der Waals surface area contributed by atoms with E-state index in [0.29, 0.717) is 0 Å². The summed E-state index contributed by atoms with van der Waals surface area (Å²) < 4.78 is 34.7. The zero-order chi connectivity index (χ0) is 48.1. The van der Waals surface area contributed by atoms with E-state index in [2.05, 4.69) is 225 Å². The molecule has 0 radical (unpaired) electrons. The van der Waals surface area contributed by atoms with Gasteiger partial charge in [-0.15, -0.1) is 0 Å². The predicted molar refractivity (Wildman–Crippen MR) is 295 cm³/mol. The minimum absolute atomic E-state index is 0.306. The van der Waals surface area contributed by atoms with E-state index in [-0.39, 0.29) is 11.6 Å². The van der Waals surface area contributed by atoms with Gasteiger partial charge >= 0.3 is 0 Å². The zero-order valence-corrected chi connectivity index (χ0v) is 38.9. The third-order valence-electron chi connectivity index (χ3n) is 13.7. The quantitative estimate of drug-likeness (QED) is 0.136. The van der Waals surface area contributed by atoms with Crippen molar-refractivity contribution in [2.75, 3.05) is 9.80 Å². The zero-order valence-electron chi connectivity index (χ0n) is 38.9. The number of rotatable bonds is 10. The predicted octanol–water partition coefficient (Wildman–Crippen LogP) is 18.4. The fraction of sp³-hybridized carbons (Fsp3) is 0. The molecule has 6 heteroatoms. The molecule has 72 heavy (non-hydrogen) atoms. The molecule has 0 aliphatic heterocycles. The number of nitrogens with zero attached hydrogens (tertiary/aromatic N) is 4. The van der Waals surface area contributed by atoms with E-state index in [9.17, 15) is 0 Å². The second-order valence-corrected chi connectivity index (χ2v) is 18.2. The number of benzene rings is 11. The number of para-hydroxylation sites is 2. The molecule has 0 aliphatic carbocycles. The Labute approximate surface area is 415 Å². The van der Waals surface area contributed by atoms with Crippen molar-refractivity contribution in [3.05, 3.63) is 279 Å². The van der Waals surface area contributed by atoms with Gasteiger partial charge in [-0.2, -0.15) is 0 Å². The lowest BCUT2D eigenvalue weighted by Crippen LogP contribution is -2.10. The summed E-state index contributed by atoms with van der Waals surface area (Å²) in [6.07, 6.45) is 0. The SMILES string of the molecule is Fc1cccc(-c2cc3cc4c(cc(-c5cccc(F)c5)n4-c4ccc(N(c5ccccc5)c5ccc6ccccc6c5)cc4)cc3n2-c2ccc(N(c3ccccc3)c3ccc4ccccc4c3)cc2)c1. The summed E-state index contributed by atoms with van der Waals surface area (Å²) in [7, 11) is 0. The van der Waals surface area contributed by atoms with E-state index in [1.165, 1.54) is 22.9 Å². The first-order chi connectivity index (χ1) is 35.5. The average molecular weight is 931 g/mol. The Morgan fingerprint density at radius 3 is 1.01 bits per heavy atom. The number of hydrogen-bond donors (Lipinski definition) is 0. The van der Waals surface area contributed by atoms with Crippen molar-refractivity contribution in [1.82, 2.24) is 9.13 Å². The lowest BCUT2D eigenvalue weighted by atomic mass is 10.1. The van der Waals surface area contributed by atoms with Crippen molar-refractivity contribution in [2.24, 2.45) is 0 Å².